The first-order valence-corrected chi connectivity index (χ1v) is 8.11. The van der Waals surface area contributed by atoms with Gasteiger partial charge in [-0.05, 0) is 35.7 Å². The molecule has 0 aliphatic heterocycles. The van der Waals surface area contributed by atoms with Crippen LogP contribution in [0.3, 0.4) is 0 Å². The molecule has 120 valence electrons. The molecule has 4 aromatic rings. The topological polar surface area (TPSA) is 34.0 Å². The minimum atomic E-state index is 0.685. The molecular formula is C22H16N2O. The number of nitrogens with zero attached hydrogens (tertiary/aromatic N) is 2. The number of ether oxygens (including phenoxy) is 1. The zero-order chi connectivity index (χ0) is 16.9. The van der Waals surface area contributed by atoms with Crippen LogP contribution in [0.25, 0.3) is 10.8 Å². The lowest BCUT2D eigenvalue weighted by Crippen LogP contribution is -1.85. The maximum Gasteiger partial charge on any atom is 0.155 e. The van der Waals surface area contributed by atoms with Crippen molar-refractivity contribution in [3.05, 3.63) is 97.1 Å². The summed E-state index contributed by atoms with van der Waals surface area (Å²) in [7, 11) is 0. The highest BCUT2D eigenvalue weighted by Gasteiger charge is 2.09. The van der Waals surface area contributed by atoms with Crippen molar-refractivity contribution in [1.82, 2.24) is 0 Å². The van der Waals surface area contributed by atoms with Crippen molar-refractivity contribution < 1.29 is 4.74 Å². The summed E-state index contributed by atoms with van der Waals surface area (Å²) in [6.45, 7) is 0. The third-order valence-corrected chi connectivity index (χ3v) is 3.86. The van der Waals surface area contributed by atoms with E-state index in [9.17, 15) is 0 Å². The minimum absolute atomic E-state index is 0.685. The zero-order valence-corrected chi connectivity index (χ0v) is 13.5. The van der Waals surface area contributed by atoms with Crippen molar-refractivity contribution in [2.75, 3.05) is 0 Å². The van der Waals surface area contributed by atoms with E-state index in [1.54, 1.807) is 0 Å². The molecule has 0 unspecified atom stereocenters. The summed E-state index contributed by atoms with van der Waals surface area (Å²) in [4.78, 5) is 0. The normalized spacial score (nSPS) is 11.0. The van der Waals surface area contributed by atoms with Crippen LogP contribution in [0.5, 0.6) is 11.5 Å². The Balaban J connectivity index is 1.81. The molecule has 3 nitrogen and oxygen atoms in total. The van der Waals surface area contributed by atoms with E-state index >= 15 is 0 Å². The summed E-state index contributed by atoms with van der Waals surface area (Å²) in [6.07, 6.45) is 0. The monoisotopic (exact) mass is 324 g/mol. The van der Waals surface area contributed by atoms with Crippen LogP contribution in [0, 0.1) is 0 Å². The number of benzene rings is 4. The fraction of sp³-hybridized carbons (Fsp3) is 0. The van der Waals surface area contributed by atoms with Gasteiger partial charge in [-0.3, -0.25) is 0 Å². The number of hydrogen-bond acceptors (Lipinski definition) is 3. The Kier molecular flexibility index (Phi) is 4.21. The first-order valence-electron chi connectivity index (χ1n) is 8.11. The maximum absolute atomic E-state index is 6.05. The van der Waals surface area contributed by atoms with Gasteiger partial charge in [0.05, 0.1) is 5.69 Å². The Morgan fingerprint density at radius 2 is 1.24 bits per heavy atom. The van der Waals surface area contributed by atoms with E-state index in [2.05, 4.69) is 16.3 Å². The van der Waals surface area contributed by atoms with Gasteiger partial charge in [-0.2, -0.15) is 5.11 Å². The van der Waals surface area contributed by atoms with Crippen molar-refractivity contribution in [3.63, 3.8) is 0 Å². The average Bonchev–Trinajstić information content (AvgIpc) is 2.68. The van der Waals surface area contributed by atoms with Gasteiger partial charge in [0.1, 0.15) is 11.4 Å². The van der Waals surface area contributed by atoms with Gasteiger partial charge in [-0.1, -0.05) is 66.7 Å². The van der Waals surface area contributed by atoms with E-state index in [4.69, 9.17) is 4.74 Å². The van der Waals surface area contributed by atoms with Crippen LogP contribution in [0.15, 0.2) is 107 Å². The molecule has 4 aromatic carbocycles. The third kappa shape index (κ3) is 3.40. The smallest absolute Gasteiger partial charge is 0.155 e. The zero-order valence-electron chi connectivity index (χ0n) is 13.5. The summed E-state index contributed by atoms with van der Waals surface area (Å²) in [5, 5.41) is 11.0. The Bertz CT molecular complexity index is 1010. The Morgan fingerprint density at radius 1 is 0.560 bits per heavy atom. The Labute approximate surface area is 146 Å². The highest BCUT2D eigenvalue weighted by atomic mass is 16.5. The van der Waals surface area contributed by atoms with Gasteiger partial charge in [-0.25, -0.2) is 0 Å². The van der Waals surface area contributed by atoms with E-state index in [-0.39, 0.29) is 0 Å². The predicted molar refractivity (Wildman–Crippen MR) is 101 cm³/mol. The molecule has 25 heavy (non-hydrogen) atoms. The quantitative estimate of drug-likeness (QED) is 0.370. The van der Waals surface area contributed by atoms with E-state index in [0.29, 0.717) is 5.75 Å². The molecule has 0 radical (unpaired) electrons. The minimum Gasteiger partial charge on any atom is -0.455 e. The van der Waals surface area contributed by atoms with Crippen molar-refractivity contribution in [1.29, 1.82) is 0 Å². The molecule has 0 aromatic heterocycles. The maximum atomic E-state index is 6.05. The lowest BCUT2D eigenvalue weighted by Gasteiger charge is -2.10. The van der Waals surface area contributed by atoms with Crippen LogP contribution >= 0.6 is 0 Å². The second-order valence-corrected chi connectivity index (χ2v) is 5.58. The number of rotatable bonds is 4. The van der Waals surface area contributed by atoms with Gasteiger partial charge in [0.15, 0.2) is 5.75 Å². The van der Waals surface area contributed by atoms with Crippen LogP contribution in [-0.2, 0) is 0 Å². The predicted octanol–water partition coefficient (Wildman–Crippen LogP) is 7.05. The second kappa shape index (κ2) is 6.97. The van der Waals surface area contributed by atoms with Crippen LogP contribution < -0.4 is 4.74 Å². The Morgan fingerprint density at radius 3 is 2.04 bits per heavy atom. The summed E-state index contributed by atoms with van der Waals surface area (Å²) in [5.41, 5.74) is 1.53. The van der Waals surface area contributed by atoms with Crippen molar-refractivity contribution >= 4 is 22.1 Å². The highest BCUT2D eigenvalue weighted by Crippen LogP contribution is 2.39. The van der Waals surface area contributed by atoms with E-state index in [0.717, 1.165) is 27.9 Å². The molecule has 0 aliphatic carbocycles. The average molecular weight is 324 g/mol. The number of hydrogen-bond donors (Lipinski definition) is 0. The molecule has 0 atom stereocenters. The molecule has 0 amide bonds. The lowest BCUT2D eigenvalue weighted by atomic mass is 10.1. The summed E-state index contributed by atoms with van der Waals surface area (Å²) in [5.74, 6) is 1.46. The Hall–Kier alpha value is -3.46. The third-order valence-electron chi connectivity index (χ3n) is 3.86. The summed E-state index contributed by atoms with van der Waals surface area (Å²) < 4.78 is 6.05. The van der Waals surface area contributed by atoms with Gasteiger partial charge < -0.3 is 4.74 Å². The largest absolute Gasteiger partial charge is 0.455 e. The second-order valence-electron chi connectivity index (χ2n) is 5.58. The van der Waals surface area contributed by atoms with E-state index in [1.807, 2.05) is 91.0 Å². The number of para-hydroxylation sites is 1. The molecule has 3 heteroatoms. The molecule has 0 bridgehead atoms. The standard InChI is InChI=1S/C22H16N2O/c1-3-10-18(11-4-1)23-24-22-20-14-8-7-9-17(20)15-16-21(22)25-19-12-5-2-6-13-19/h1-16H. The first-order chi connectivity index (χ1) is 12.4. The molecule has 0 saturated heterocycles. The summed E-state index contributed by atoms with van der Waals surface area (Å²) in [6, 6.07) is 31.5. The van der Waals surface area contributed by atoms with Gasteiger partial charge >= 0.3 is 0 Å². The molecule has 0 N–H and O–H groups in total. The van der Waals surface area contributed by atoms with Crippen molar-refractivity contribution in [3.8, 4) is 11.5 Å². The first kappa shape index (κ1) is 15.1. The van der Waals surface area contributed by atoms with Crippen molar-refractivity contribution in [2.45, 2.75) is 0 Å². The molecule has 4 rings (SSSR count). The van der Waals surface area contributed by atoms with Gasteiger partial charge in [0.25, 0.3) is 0 Å². The molecular weight excluding hydrogens is 308 g/mol. The molecule has 0 fully saturated rings. The van der Waals surface area contributed by atoms with Crippen LogP contribution in [0.1, 0.15) is 0 Å². The molecule has 0 spiro atoms. The molecule has 0 saturated carbocycles. The van der Waals surface area contributed by atoms with Crippen LogP contribution in [0.4, 0.5) is 11.4 Å². The lowest BCUT2D eigenvalue weighted by molar-refractivity contribution is 0.484. The fourth-order valence-electron chi connectivity index (χ4n) is 2.64. The van der Waals surface area contributed by atoms with Crippen LogP contribution in [-0.4, -0.2) is 0 Å². The van der Waals surface area contributed by atoms with Gasteiger partial charge in [0, 0.05) is 5.39 Å². The SMILES string of the molecule is c1ccc(N=Nc2c(Oc3ccccc3)ccc3ccccc23)cc1. The van der Waals surface area contributed by atoms with E-state index < -0.39 is 0 Å². The number of fused-ring (bicyclic) bond motifs is 1. The highest BCUT2D eigenvalue weighted by molar-refractivity contribution is 5.95. The van der Waals surface area contributed by atoms with Gasteiger partial charge in [0.2, 0.25) is 0 Å². The molecule has 0 aliphatic rings. The summed E-state index contributed by atoms with van der Waals surface area (Å²) >= 11 is 0. The van der Waals surface area contributed by atoms with E-state index in [1.165, 1.54) is 0 Å². The number of azo groups is 1. The molecule has 0 heterocycles. The van der Waals surface area contributed by atoms with Gasteiger partial charge in [-0.15, -0.1) is 5.11 Å². The fourth-order valence-corrected chi connectivity index (χ4v) is 2.64. The van der Waals surface area contributed by atoms with Crippen LogP contribution in [0.2, 0.25) is 0 Å². The van der Waals surface area contributed by atoms with Crippen molar-refractivity contribution in [2.24, 2.45) is 10.2 Å².